The van der Waals surface area contributed by atoms with Crippen LogP contribution in [-0.2, 0) is 6.54 Å². The molecule has 1 N–H and O–H groups in total. The molecule has 6 nitrogen and oxygen atoms in total. The maximum Gasteiger partial charge on any atom is 0.276 e. The Morgan fingerprint density at radius 1 is 1.56 bits per heavy atom. The molecular formula is C9H11N5OS. The van der Waals surface area contributed by atoms with Crippen LogP contribution in [0, 0.1) is 6.92 Å². The van der Waals surface area contributed by atoms with Crippen LogP contribution >= 0.6 is 11.3 Å². The third kappa shape index (κ3) is 2.25. The average Bonchev–Trinajstić information content (AvgIpc) is 2.88. The summed E-state index contributed by atoms with van der Waals surface area (Å²) in [5.74, 6) is -0.153. The average molecular weight is 237 g/mol. The molecular weight excluding hydrogens is 226 g/mol. The van der Waals surface area contributed by atoms with Crippen LogP contribution in [0.3, 0.4) is 0 Å². The highest BCUT2D eigenvalue weighted by Crippen LogP contribution is 2.14. The summed E-state index contributed by atoms with van der Waals surface area (Å²) in [5, 5.41) is 10.8. The van der Waals surface area contributed by atoms with Crippen molar-refractivity contribution in [1.29, 1.82) is 0 Å². The fourth-order valence-corrected chi connectivity index (χ4v) is 2.13. The van der Waals surface area contributed by atoms with Crippen LogP contribution in [-0.4, -0.2) is 38.2 Å². The van der Waals surface area contributed by atoms with Crippen LogP contribution in [0.1, 0.15) is 20.4 Å². The molecule has 1 amide bonds. The highest BCUT2D eigenvalue weighted by atomic mass is 32.1. The Labute approximate surface area is 96.3 Å². The zero-order chi connectivity index (χ0) is 11.5. The SMILES string of the molecule is Cc1ncc(CN(C)C(=O)c2cn[nH]n2)s1. The lowest BCUT2D eigenvalue weighted by molar-refractivity contribution is 0.0780. The van der Waals surface area contributed by atoms with Crippen LogP contribution in [0.25, 0.3) is 0 Å². The lowest BCUT2D eigenvalue weighted by Crippen LogP contribution is -2.26. The monoisotopic (exact) mass is 237 g/mol. The van der Waals surface area contributed by atoms with Gasteiger partial charge in [-0.1, -0.05) is 0 Å². The van der Waals surface area contributed by atoms with Crippen molar-refractivity contribution in [2.24, 2.45) is 0 Å². The number of thiazole rings is 1. The van der Waals surface area contributed by atoms with E-state index < -0.39 is 0 Å². The normalized spacial score (nSPS) is 10.4. The highest BCUT2D eigenvalue weighted by Gasteiger charge is 2.15. The molecule has 0 aliphatic carbocycles. The third-order valence-corrected chi connectivity index (χ3v) is 2.94. The molecule has 0 atom stereocenters. The Balaban J connectivity index is 2.03. The van der Waals surface area contributed by atoms with Gasteiger partial charge < -0.3 is 4.90 Å². The van der Waals surface area contributed by atoms with Crippen molar-refractivity contribution in [2.45, 2.75) is 13.5 Å². The van der Waals surface area contributed by atoms with Crippen molar-refractivity contribution in [2.75, 3.05) is 7.05 Å². The van der Waals surface area contributed by atoms with Crippen molar-refractivity contribution >= 4 is 17.2 Å². The van der Waals surface area contributed by atoms with E-state index in [0.29, 0.717) is 12.2 Å². The van der Waals surface area contributed by atoms with Gasteiger partial charge >= 0.3 is 0 Å². The highest BCUT2D eigenvalue weighted by molar-refractivity contribution is 7.11. The molecule has 0 saturated heterocycles. The third-order valence-electron chi connectivity index (χ3n) is 2.04. The van der Waals surface area contributed by atoms with Gasteiger partial charge in [0.15, 0.2) is 5.69 Å². The number of nitrogens with zero attached hydrogens (tertiary/aromatic N) is 4. The fourth-order valence-electron chi connectivity index (χ4n) is 1.28. The lowest BCUT2D eigenvalue weighted by atomic mass is 10.4. The minimum atomic E-state index is -0.153. The molecule has 0 aliphatic rings. The van der Waals surface area contributed by atoms with Crippen molar-refractivity contribution < 1.29 is 4.79 Å². The van der Waals surface area contributed by atoms with Gasteiger partial charge in [0, 0.05) is 18.1 Å². The van der Waals surface area contributed by atoms with E-state index in [4.69, 9.17) is 0 Å². The number of H-pyrrole nitrogens is 1. The van der Waals surface area contributed by atoms with Gasteiger partial charge in [-0.15, -0.1) is 11.3 Å². The minimum absolute atomic E-state index is 0.153. The van der Waals surface area contributed by atoms with E-state index in [9.17, 15) is 4.79 Å². The molecule has 84 valence electrons. The Morgan fingerprint density at radius 3 is 2.94 bits per heavy atom. The van der Waals surface area contributed by atoms with Gasteiger partial charge in [0.2, 0.25) is 0 Å². The predicted molar refractivity (Wildman–Crippen MR) is 59.0 cm³/mol. The lowest BCUT2D eigenvalue weighted by Gasteiger charge is -2.13. The first kappa shape index (κ1) is 10.7. The second kappa shape index (κ2) is 4.40. The van der Waals surface area contributed by atoms with Crippen molar-refractivity contribution in [3.8, 4) is 0 Å². The zero-order valence-electron chi connectivity index (χ0n) is 8.97. The number of aryl methyl sites for hydroxylation is 1. The number of carbonyl (C=O) groups is 1. The van der Waals surface area contributed by atoms with Gasteiger partial charge in [-0.25, -0.2) is 4.98 Å². The summed E-state index contributed by atoms with van der Waals surface area (Å²) in [4.78, 5) is 18.6. The van der Waals surface area contributed by atoms with E-state index in [1.54, 1.807) is 29.5 Å². The molecule has 2 rings (SSSR count). The van der Waals surface area contributed by atoms with Gasteiger partial charge in [0.25, 0.3) is 5.91 Å². The molecule has 0 aromatic carbocycles. The quantitative estimate of drug-likeness (QED) is 0.858. The molecule has 2 heterocycles. The molecule has 0 unspecified atom stereocenters. The first-order chi connectivity index (χ1) is 7.66. The number of aromatic amines is 1. The minimum Gasteiger partial charge on any atom is -0.335 e. The largest absolute Gasteiger partial charge is 0.335 e. The molecule has 2 aromatic heterocycles. The van der Waals surface area contributed by atoms with Crippen LogP contribution in [0.5, 0.6) is 0 Å². The Kier molecular flexibility index (Phi) is 2.95. The maximum absolute atomic E-state index is 11.8. The van der Waals surface area contributed by atoms with Gasteiger partial charge in [0.1, 0.15) is 0 Å². The van der Waals surface area contributed by atoms with Crippen molar-refractivity contribution in [3.63, 3.8) is 0 Å². The molecule has 2 aromatic rings. The second-order valence-electron chi connectivity index (χ2n) is 3.36. The number of hydrogen-bond donors (Lipinski definition) is 1. The standard InChI is InChI=1S/C9H11N5OS/c1-6-10-3-7(16-6)5-14(2)9(15)8-4-11-13-12-8/h3-4H,5H2,1-2H3,(H,11,12,13). The number of aromatic nitrogens is 4. The molecule has 0 aliphatic heterocycles. The second-order valence-corrected chi connectivity index (χ2v) is 4.68. The molecule has 0 spiro atoms. The van der Waals surface area contributed by atoms with E-state index in [2.05, 4.69) is 20.4 Å². The first-order valence-electron chi connectivity index (χ1n) is 4.69. The van der Waals surface area contributed by atoms with Crippen molar-refractivity contribution in [1.82, 2.24) is 25.3 Å². The van der Waals surface area contributed by atoms with Gasteiger partial charge in [-0.2, -0.15) is 15.4 Å². The summed E-state index contributed by atoms with van der Waals surface area (Å²) in [6, 6.07) is 0. The summed E-state index contributed by atoms with van der Waals surface area (Å²) in [5.41, 5.74) is 0.323. The van der Waals surface area contributed by atoms with E-state index in [1.807, 2.05) is 6.92 Å². The number of carbonyl (C=O) groups excluding carboxylic acids is 1. The van der Waals surface area contributed by atoms with E-state index >= 15 is 0 Å². The van der Waals surface area contributed by atoms with Gasteiger partial charge in [-0.3, -0.25) is 4.79 Å². The summed E-state index contributed by atoms with van der Waals surface area (Å²) < 4.78 is 0. The Bertz CT molecular complexity index is 478. The predicted octanol–water partition coefficient (Wildman–Crippen LogP) is 0.842. The van der Waals surface area contributed by atoms with Crippen LogP contribution < -0.4 is 0 Å². The number of hydrogen-bond acceptors (Lipinski definition) is 5. The molecule has 0 radical (unpaired) electrons. The molecule has 7 heteroatoms. The van der Waals surface area contributed by atoms with E-state index in [0.717, 1.165) is 9.88 Å². The molecule has 0 saturated carbocycles. The number of rotatable bonds is 3. The van der Waals surface area contributed by atoms with Crippen molar-refractivity contribution in [3.05, 3.63) is 28.0 Å². The smallest absolute Gasteiger partial charge is 0.276 e. The van der Waals surface area contributed by atoms with Crippen LogP contribution in [0.2, 0.25) is 0 Å². The van der Waals surface area contributed by atoms with Crippen LogP contribution in [0.15, 0.2) is 12.4 Å². The van der Waals surface area contributed by atoms with Crippen LogP contribution in [0.4, 0.5) is 0 Å². The summed E-state index contributed by atoms with van der Waals surface area (Å²) in [6.45, 7) is 2.48. The molecule has 0 bridgehead atoms. The van der Waals surface area contributed by atoms with Gasteiger partial charge in [0.05, 0.1) is 17.7 Å². The summed E-state index contributed by atoms with van der Waals surface area (Å²) in [7, 11) is 1.73. The van der Waals surface area contributed by atoms with Gasteiger partial charge in [-0.05, 0) is 6.92 Å². The number of nitrogens with one attached hydrogen (secondary N) is 1. The van der Waals surface area contributed by atoms with E-state index in [1.165, 1.54) is 6.20 Å². The fraction of sp³-hybridized carbons (Fsp3) is 0.333. The molecule has 0 fully saturated rings. The molecule has 16 heavy (non-hydrogen) atoms. The Morgan fingerprint density at radius 2 is 2.38 bits per heavy atom. The topological polar surface area (TPSA) is 74.8 Å². The first-order valence-corrected chi connectivity index (χ1v) is 5.51. The summed E-state index contributed by atoms with van der Waals surface area (Å²) >= 11 is 1.58. The summed E-state index contributed by atoms with van der Waals surface area (Å²) in [6.07, 6.45) is 3.20. The van der Waals surface area contributed by atoms with E-state index in [-0.39, 0.29) is 5.91 Å². The maximum atomic E-state index is 11.8. The zero-order valence-corrected chi connectivity index (χ0v) is 9.78. The Hall–Kier alpha value is -1.76. The number of amides is 1.